The molecule has 0 saturated carbocycles. The van der Waals surface area contributed by atoms with Crippen LogP contribution in [0.3, 0.4) is 0 Å². The van der Waals surface area contributed by atoms with Gasteiger partial charge in [-0.25, -0.2) is 0 Å². The Hall–Kier alpha value is -0.290. The maximum Gasteiger partial charge on any atom is 0.440 e. The first kappa shape index (κ1) is 7.81. The first-order valence-corrected chi connectivity index (χ1v) is 2.84. The number of hydrogen-bond donors (Lipinski definition) is 0. The van der Waals surface area contributed by atoms with Crippen molar-refractivity contribution in [3.05, 3.63) is 0 Å². The number of ether oxygens (including phenoxy) is 2. The van der Waals surface area contributed by atoms with Crippen molar-refractivity contribution in [2.24, 2.45) is 0 Å². The summed E-state index contributed by atoms with van der Waals surface area (Å²) < 4.78 is 43.7. The zero-order valence-corrected chi connectivity index (χ0v) is 5.31. The van der Waals surface area contributed by atoms with Gasteiger partial charge in [0.2, 0.25) is 0 Å². The van der Waals surface area contributed by atoms with E-state index in [1.165, 1.54) is 6.92 Å². The number of hydrogen-bond acceptors (Lipinski definition) is 2. The Morgan fingerprint density at radius 3 is 2.20 bits per heavy atom. The molecule has 10 heavy (non-hydrogen) atoms. The molecule has 1 saturated heterocycles. The number of halogens is 3. The van der Waals surface area contributed by atoms with Gasteiger partial charge in [0.15, 0.2) is 0 Å². The summed E-state index contributed by atoms with van der Waals surface area (Å²) in [6, 6.07) is 0. The van der Waals surface area contributed by atoms with Crippen molar-refractivity contribution in [1.82, 2.24) is 0 Å². The topological polar surface area (TPSA) is 18.5 Å². The summed E-state index contributed by atoms with van der Waals surface area (Å²) in [5, 5.41) is 0. The van der Waals surface area contributed by atoms with Gasteiger partial charge in [-0.15, -0.1) is 0 Å². The quantitative estimate of drug-likeness (QED) is 0.526. The number of rotatable bonds is 0. The molecule has 2 nitrogen and oxygen atoms in total. The molecule has 1 aliphatic heterocycles. The van der Waals surface area contributed by atoms with E-state index in [0.717, 1.165) is 0 Å². The van der Waals surface area contributed by atoms with Crippen molar-refractivity contribution in [3.63, 3.8) is 0 Å². The Morgan fingerprint density at radius 1 is 1.40 bits per heavy atom. The van der Waals surface area contributed by atoms with E-state index in [9.17, 15) is 13.2 Å². The molecule has 0 aromatic carbocycles. The fourth-order valence-electron chi connectivity index (χ4n) is 0.684. The molecule has 0 amide bonds. The van der Waals surface area contributed by atoms with Gasteiger partial charge in [-0.05, 0) is 6.92 Å². The lowest BCUT2D eigenvalue weighted by molar-refractivity contribution is -0.276. The van der Waals surface area contributed by atoms with Gasteiger partial charge < -0.3 is 9.47 Å². The van der Waals surface area contributed by atoms with Crippen molar-refractivity contribution >= 4 is 0 Å². The van der Waals surface area contributed by atoms with Gasteiger partial charge >= 0.3 is 6.18 Å². The highest BCUT2D eigenvalue weighted by Gasteiger charge is 2.46. The van der Waals surface area contributed by atoms with E-state index in [2.05, 4.69) is 9.47 Å². The lowest BCUT2D eigenvalue weighted by atomic mass is 10.5. The molecule has 0 radical (unpaired) electrons. The van der Waals surface area contributed by atoms with E-state index >= 15 is 0 Å². The first-order chi connectivity index (χ1) is 4.50. The molecule has 0 spiro atoms. The van der Waals surface area contributed by atoms with Crippen molar-refractivity contribution in [1.29, 1.82) is 0 Å². The summed E-state index contributed by atoms with van der Waals surface area (Å²) in [4.78, 5) is 0. The minimum absolute atomic E-state index is 0.0180. The predicted molar refractivity (Wildman–Crippen MR) is 26.3 cm³/mol. The highest BCUT2D eigenvalue weighted by molar-refractivity contribution is 4.65. The lowest BCUT2D eigenvalue weighted by Gasteiger charge is -2.12. The van der Waals surface area contributed by atoms with E-state index in [1.54, 1.807) is 0 Å². The summed E-state index contributed by atoms with van der Waals surface area (Å²) in [5.41, 5.74) is 0. The van der Waals surface area contributed by atoms with Gasteiger partial charge in [-0.3, -0.25) is 0 Å². The van der Waals surface area contributed by atoms with Crippen LogP contribution in [0.2, 0.25) is 0 Å². The van der Waals surface area contributed by atoms with Crippen LogP contribution in [0.1, 0.15) is 6.92 Å². The summed E-state index contributed by atoms with van der Waals surface area (Å²) in [6.45, 7) is 1.55. The minimum atomic E-state index is -4.38. The van der Waals surface area contributed by atoms with Crippen molar-refractivity contribution in [2.75, 3.05) is 6.61 Å². The zero-order valence-electron chi connectivity index (χ0n) is 5.31. The van der Waals surface area contributed by atoms with Gasteiger partial charge in [-0.1, -0.05) is 0 Å². The minimum Gasteiger partial charge on any atom is -0.342 e. The Kier molecular flexibility index (Phi) is 1.87. The molecule has 2 unspecified atom stereocenters. The Labute approximate surface area is 55.9 Å². The van der Waals surface area contributed by atoms with Crippen LogP contribution in [-0.2, 0) is 9.47 Å². The smallest absolute Gasteiger partial charge is 0.342 e. The molecule has 0 bridgehead atoms. The Balaban J connectivity index is 2.45. The first-order valence-electron chi connectivity index (χ1n) is 2.84. The van der Waals surface area contributed by atoms with Crippen molar-refractivity contribution in [3.8, 4) is 0 Å². The van der Waals surface area contributed by atoms with E-state index in [-0.39, 0.29) is 6.61 Å². The maximum atomic E-state index is 11.7. The van der Waals surface area contributed by atoms with Gasteiger partial charge in [0, 0.05) is 0 Å². The SMILES string of the molecule is CC1COC(C(F)(F)F)O1. The molecule has 5 heteroatoms. The molecule has 2 atom stereocenters. The van der Waals surface area contributed by atoms with E-state index in [4.69, 9.17) is 0 Å². The van der Waals surface area contributed by atoms with Gasteiger partial charge in [0.1, 0.15) is 0 Å². The second kappa shape index (κ2) is 2.39. The van der Waals surface area contributed by atoms with Crippen LogP contribution in [0.25, 0.3) is 0 Å². The predicted octanol–water partition coefficient (Wildman–Crippen LogP) is 1.31. The molecular weight excluding hydrogens is 149 g/mol. The molecule has 1 heterocycles. The highest BCUT2D eigenvalue weighted by Crippen LogP contribution is 2.28. The van der Waals surface area contributed by atoms with E-state index in [0.29, 0.717) is 0 Å². The summed E-state index contributed by atoms with van der Waals surface area (Å²) in [7, 11) is 0. The molecule has 1 aliphatic rings. The molecule has 0 aromatic heterocycles. The third kappa shape index (κ3) is 1.60. The summed E-state index contributed by atoms with van der Waals surface area (Å²) in [5.74, 6) is 0. The molecule has 0 N–H and O–H groups in total. The average Bonchev–Trinajstić information content (AvgIpc) is 2.11. The number of alkyl halides is 3. The molecule has 60 valence electrons. The molecule has 1 fully saturated rings. The van der Waals surface area contributed by atoms with Crippen LogP contribution in [0.5, 0.6) is 0 Å². The second-order valence-electron chi connectivity index (χ2n) is 2.15. The van der Waals surface area contributed by atoms with Crippen LogP contribution >= 0.6 is 0 Å². The van der Waals surface area contributed by atoms with Gasteiger partial charge in [0.25, 0.3) is 6.29 Å². The monoisotopic (exact) mass is 156 g/mol. The highest BCUT2D eigenvalue weighted by atomic mass is 19.4. The largest absolute Gasteiger partial charge is 0.440 e. The van der Waals surface area contributed by atoms with Crippen LogP contribution in [0.4, 0.5) is 13.2 Å². The Morgan fingerprint density at radius 2 is 2.00 bits per heavy atom. The Bertz CT molecular complexity index is 123. The fourth-order valence-corrected chi connectivity index (χ4v) is 0.684. The van der Waals surface area contributed by atoms with Crippen LogP contribution < -0.4 is 0 Å². The second-order valence-corrected chi connectivity index (χ2v) is 2.15. The van der Waals surface area contributed by atoms with Gasteiger partial charge in [-0.2, -0.15) is 13.2 Å². The standard InChI is InChI=1S/C5H7F3O2/c1-3-2-9-4(10-3)5(6,7)8/h3-4H,2H2,1H3. The lowest BCUT2D eigenvalue weighted by Crippen LogP contribution is -2.29. The van der Waals surface area contributed by atoms with Crippen molar-refractivity contribution < 1.29 is 22.6 Å². The average molecular weight is 156 g/mol. The van der Waals surface area contributed by atoms with Crippen LogP contribution in [0.15, 0.2) is 0 Å². The summed E-state index contributed by atoms with van der Waals surface area (Å²) in [6.07, 6.45) is -6.85. The molecule has 0 aliphatic carbocycles. The van der Waals surface area contributed by atoms with Crippen LogP contribution in [0, 0.1) is 0 Å². The molecular formula is C5H7F3O2. The molecule has 1 rings (SSSR count). The third-order valence-electron chi connectivity index (χ3n) is 1.11. The summed E-state index contributed by atoms with van der Waals surface area (Å²) >= 11 is 0. The zero-order chi connectivity index (χ0) is 7.78. The van der Waals surface area contributed by atoms with Crippen LogP contribution in [-0.4, -0.2) is 25.2 Å². The van der Waals surface area contributed by atoms with Crippen molar-refractivity contribution in [2.45, 2.75) is 25.5 Å². The van der Waals surface area contributed by atoms with Gasteiger partial charge in [0.05, 0.1) is 12.7 Å². The van der Waals surface area contributed by atoms with E-state index < -0.39 is 18.6 Å². The third-order valence-corrected chi connectivity index (χ3v) is 1.11. The van der Waals surface area contributed by atoms with E-state index in [1.807, 2.05) is 0 Å². The fraction of sp³-hybridized carbons (Fsp3) is 1.00. The maximum absolute atomic E-state index is 11.7. The normalized spacial score (nSPS) is 34.8. The molecule has 0 aromatic rings.